The van der Waals surface area contributed by atoms with Crippen molar-refractivity contribution in [1.82, 2.24) is 0 Å². The zero-order valence-electron chi connectivity index (χ0n) is 24.5. The third-order valence-electron chi connectivity index (χ3n) is 9.73. The fraction of sp³-hybridized carbons (Fsp3) is 0. The number of hydrogen-bond donors (Lipinski definition) is 0. The van der Waals surface area contributed by atoms with Crippen molar-refractivity contribution in [2.75, 3.05) is 4.90 Å². The van der Waals surface area contributed by atoms with Crippen LogP contribution >= 0.6 is 0 Å². The molecule has 0 aromatic heterocycles. The van der Waals surface area contributed by atoms with Crippen LogP contribution in [0.3, 0.4) is 0 Å². The highest BCUT2D eigenvalue weighted by Crippen LogP contribution is 2.57. The standard InChI is InChI=1S/C44H27N/c1-2-12-30-26-31(23-22-28(30)10-1)45(42-21-7-13-29-11-3-4-14-33(29)42)32-24-25-35-38-18-9-19-39-40-20-8-17-37(44(40)41(35)27-32)34-15-5-6-16-36(34)43(38)39/h1-27H. The summed E-state index contributed by atoms with van der Waals surface area (Å²) < 4.78 is 0. The van der Waals surface area contributed by atoms with E-state index in [-0.39, 0.29) is 0 Å². The summed E-state index contributed by atoms with van der Waals surface area (Å²) >= 11 is 0. The van der Waals surface area contributed by atoms with Crippen LogP contribution < -0.4 is 4.90 Å². The summed E-state index contributed by atoms with van der Waals surface area (Å²) in [6.07, 6.45) is 0. The Morgan fingerprint density at radius 3 is 1.60 bits per heavy atom. The molecule has 45 heavy (non-hydrogen) atoms. The van der Waals surface area contributed by atoms with E-state index < -0.39 is 0 Å². The number of hydrogen-bond acceptors (Lipinski definition) is 1. The number of rotatable bonds is 3. The first-order valence-corrected chi connectivity index (χ1v) is 15.6. The van der Waals surface area contributed by atoms with Crippen LogP contribution in [-0.2, 0) is 0 Å². The minimum absolute atomic E-state index is 1.14. The highest BCUT2D eigenvalue weighted by Gasteiger charge is 2.31. The van der Waals surface area contributed by atoms with Gasteiger partial charge in [-0.1, -0.05) is 133 Å². The van der Waals surface area contributed by atoms with Gasteiger partial charge in [0, 0.05) is 16.8 Å². The maximum atomic E-state index is 2.44. The Kier molecular flexibility index (Phi) is 5.06. The molecule has 6 bridgehead atoms. The van der Waals surface area contributed by atoms with Crippen molar-refractivity contribution < 1.29 is 0 Å². The largest absolute Gasteiger partial charge is 0.310 e. The van der Waals surface area contributed by atoms with Crippen LogP contribution in [0.5, 0.6) is 0 Å². The molecule has 208 valence electrons. The lowest BCUT2D eigenvalue weighted by Gasteiger charge is -2.29. The van der Waals surface area contributed by atoms with Gasteiger partial charge in [0.05, 0.1) is 5.69 Å². The SMILES string of the molecule is c1ccc2c(c1)-c1cccc3c1-c1cc(N(c4ccc5ccccc5c4)c4cccc5ccccc45)ccc1-c1cccc-3c1-2. The van der Waals surface area contributed by atoms with Gasteiger partial charge in [-0.25, -0.2) is 0 Å². The van der Waals surface area contributed by atoms with Gasteiger partial charge in [-0.05, 0) is 102 Å². The molecule has 0 amide bonds. The highest BCUT2D eigenvalue weighted by molar-refractivity contribution is 6.15. The molecule has 0 atom stereocenters. The number of fused-ring (bicyclic) bond motifs is 6. The quantitative estimate of drug-likeness (QED) is 0.205. The van der Waals surface area contributed by atoms with Gasteiger partial charge in [-0.15, -0.1) is 0 Å². The first-order valence-electron chi connectivity index (χ1n) is 15.6. The van der Waals surface area contributed by atoms with Gasteiger partial charge in [0.1, 0.15) is 0 Å². The van der Waals surface area contributed by atoms with E-state index in [1.807, 2.05) is 0 Å². The second kappa shape index (κ2) is 9.29. The lowest BCUT2D eigenvalue weighted by molar-refractivity contribution is 1.30. The van der Waals surface area contributed by atoms with E-state index in [1.54, 1.807) is 0 Å². The van der Waals surface area contributed by atoms with Crippen LogP contribution in [0, 0.1) is 0 Å². The fourth-order valence-corrected chi connectivity index (χ4v) is 7.78. The van der Waals surface area contributed by atoms with Crippen molar-refractivity contribution in [2.24, 2.45) is 0 Å². The molecule has 0 spiro atoms. The molecule has 0 heterocycles. The first kappa shape index (κ1) is 24.5. The molecule has 0 saturated heterocycles. The fourth-order valence-electron chi connectivity index (χ4n) is 7.78. The molecule has 2 aliphatic rings. The number of nitrogens with zero attached hydrogens (tertiary/aromatic N) is 1. The van der Waals surface area contributed by atoms with E-state index in [4.69, 9.17) is 0 Å². The minimum Gasteiger partial charge on any atom is -0.310 e. The van der Waals surface area contributed by atoms with Crippen molar-refractivity contribution in [3.8, 4) is 55.6 Å². The van der Waals surface area contributed by atoms with Crippen molar-refractivity contribution in [3.63, 3.8) is 0 Å². The molecular weight excluding hydrogens is 542 g/mol. The Balaban J connectivity index is 1.29. The lowest BCUT2D eigenvalue weighted by atomic mass is 9.83. The van der Waals surface area contributed by atoms with Crippen LogP contribution in [-0.4, -0.2) is 0 Å². The third kappa shape index (κ3) is 3.50. The summed E-state index contributed by atoms with van der Waals surface area (Å²) in [5.74, 6) is 0. The second-order valence-electron chi connectivity index (χ2n) is 12.1. The topological polar surface area (TPSA) is 3.24 Å². The van der Waals surface area contributed by atoms with Crippen LogP contribution in [0.15, 0.2) is 164 Å². The molecule has 10 rings (SSSR count). The van der Waals surface area contributed by atoms with Crippen molar-refractivity contribution >= 4 is 38.6 Å². The van der Waals surface area contributed by atoms with Gasteiger partial charge in [0.15, 0.2) is 0 Å². The van der Waals surface area contributed by atoms with Crippen molar-refractivity contribution in [3.05, 3.63) is 164 Å². The van der Waals surface area contributed by atoms with Crippen molar-refractivity contribution in [2.45, 2.75) is 0 Å². The molecule has 0 radical (unpaired) electrons. The van der Waals surface area contributed by atoms with E-state index in [0.717, 1.165) is 11.4 Å². The Morgan fingerprint density at radius 2 is 0.800 bits per heavy atom. The molecular formula is C44H27N. The summed E-state index contributed by atoms with van der Waals surface area (Å²) in [4.78, 5) is 2.44. The number of anilines is 3. The van der Waals surface area contributed by atoms with Crippen LogP contribution in [0.2, 0.25) is 0 Å². The molecule has 0 N–H and O–H groups in total. The molecule has 0 unspecified atom stereocenters. The van der Waals surface area contributed by atoms with Gasteiger partial charge >= 0.3 is 0 Å². The smallest absolute Gasteiger partial charge is 0.0540 e. The molecule has 2 aliphatic carbocycles. The zero-order chi connectivity index (χ0) is 29.5. The van der Waals surface area contributed by atoms with Gasteiger partial charge in [0.25, 0.3) is 0 Å². The summed E-state index contributed by atoms with van der Waals surface area (Å²) in [7, 11) is 0. The molecule has 8 aromatic rings. The highest BCUT2D eigenvalue weighted by atomic mass is 15.1. The molecule has 1 nitrogen and oxygen atoms in total. The lowest BCUT2D eigenvalue weighted by Crippen LogP contribution is -2.11. The molecule has 0 aliphatic heterocycles. The van der Waals surface area contributed by atoms with Gasteiger partial charge in [0.2, 0.25) is 0 Å². The van der Waals surface area contributed by atoms with Crippen LogP contribution in [0.4, 0.5) is 17.1 Å². The van der Waals surface area contributed by atoms with Gasteiger partial charge in [-0.3, -0.25) is 0 Å². The second-order valence-corrected chi connectivity index (χ2v) is 12.1. The van der Waals surface area contributed by atoms with E-state index in [1.165, 1.54) is 82.9 Å². The predicted molar refractivity (Wildman–Crippen MR) is 190 cm³/mol. The van der Waals surface area contributed by atoms with E-state index in [2.05, 4.69) is 169 Å². The Hall–Kier alpha value is -5.92. The molecule has 1 heteroatoms. The summed E-state index contributed by atoms with van der Waals surface area (Å²) in [6, 6.07) is 60.5. The maximum absolute atomic E-state index is 2.44. The Morgan fingerprint density at radius 1 is 0.289 bits per heavy atom. The van der Waals surface area contributed by atoms with Crippen LogP contribution in [0.1, 0.15) is 0 Å². The average Bonchev–Trinajstić information content (AvgIpc) is 3.21. The van der Waals surface area contributed by atoms with Crippen LogP contribution in [0.25, 0.3) is 77.2 Å². The van der Waals surface area contributed by atoms with E-state index in [9.17, 15) is 0 Å². The summed E-state index contributed by atoms with van der Waals surface area (Å²) in [6.45, 7) is 0. The normalized spacial score (nSPS) is 12.0. The van der Waals surface area contributed by atoms with Gasteiger partial charge < -0.3 is 4.90 Å². The number of benzene rings is 8. The van der Waals surface area contributed by atoms with Gasteiger partial charge in [-0.2, -0.15) is 0 Å². The Labute approximate surface area is 262 Å². The van der Waals surface area contributed by atoms with Crippen molar-refractivity contribution in [1.29, 1.82) is 0 Å². The summed E-state index contributed by atoms with van der Waals surface area (Å²) in [5.41, 5.74) is 16.5. The zero-order valence-corrected chi connectivity index (χ0v) is 24.5. The monoisotopic (exact) mass is 569 g/mol. The molecule has 8 aromatic carbocycles. The minimum atomic E-state index is 1.14. The van der Waals surface area contributed by atoms with E-state index >= 15 is 0 Å². The Bertz CT molecular complexity index is 2470. The summed E-state index contributed by atoms with van der Waals surface area (Å²) in [5, 5.41) is 4.93. The maximum Gasteiger partial charge on any atom is 0.0540 e. The molecule has 0 fully saturated rings. The third-order valence-corrected chi connectivity index (χ3v) is 9.73. The predicted octanol–water partition coefficient (Wildman–Crippen LogP) is 12.4. The van der Waals surface area contributed by atoms with E-state index in [0.29, 0.717) is 0 Å². The molecule has 0 saturated carbocycles. The first-order chi connectivity index (χ1) is 22.3. The average molecular weight is 570 g/mol.